The number of nitrogens with two attached hydrogens (primary N) is 1. The molecule has 19 heavy (non-hydrogen) atoms. The van der Waals surface area contributed by atoms with Crippen LogP contribution >= 0.6 is 11.3 Å². The fourth-order valence-corrected chi connectivity index (χ4v) is 4.38. The molecule has 0 spiro atoms. The number of hydrogen-bond acceptors (Lipinski definition) is 8. The molecule has 1 aromatic rings. The van der Waals surface area contributed by atoms with Crippen molar-refractivity contribution < 1.29 is 13.5 Å². The molecular weight excluding hydrogens is 290 g/mol. The zero-order chi connectivity index (χ0) is 13.9. The van der Waals surface area contributed by atoms with Crippen molar-refractivity contribution in [3.05, 3.63) is 0 Å². The van der Waals surface area contributed by atoms with Gasteiger partial charge in [0.05, 0.1) is 6.61 Å². The van der Waals surface area contributed by atoms with Gasteiger partial charge in [0.1, 0.15) is 0 Å². The fraction of sp³-hybridized carbons (Fsp3) is 0.778. The lowest BCUT2D eigenvalue weighted by Crippen LogP contribution is -2.35. The molecule has 1 aliphatic heterocycles. The van der Waals surface area contributed by atoms with Crippen molar-refractivity contribution in [1.82, 2.24) is 19.4 Å². The molecule has 2 heterocycles. The molecule has 108 valence electrons. The lowest BCUT2D eigenvalue weighted by Gasteiger charge is -2.19. The Balaban J connectivity index is 2.09. The Kier molecular flexibility index (Phi) is 4.68. The lowest BCUT2D eigenvalue weighted by atomic mass is 10.4. The Labute approximate surface area is 115 Å². The van der Waals surface area contributed by atoms with E-state index >= 15 is 0 Å². The maximum atomic E-state index is 12.3. The summed E-state index contributed by atoms with van der Waals surface area (Å²) in [5, 5.41) is 16.2. The molecule has 3 N–H and O–H groups in total. The molecule has 8 nitrogen and oxygen atoms in total. The van der Waals surface area contributed by atoms with Gasteiger partial charge in [0.2, 0.25) is 9.47 Å². The van der Waals surface area contributed by atoms with Gasteiger partial charge in [-0.15, -0.1) is 10.2 Å². The second-order valence-corrected chi connectivity index (χ2v) is 7.35. The van der Waals surface area contributed by atoms with E-state index in [4.69, 9.17) is 10.8 Å². The molecule has 0 bridgehead atoms. The second kappa shape index (κ2) is 6.09. The first-order valence-electron chi connectivity index (χ1n) is 5.96. The van der Waals surface area contributed by atoms with Crippen LogP contribution in [-0.4, -0.2) is 72.3 Å². The first kappa shape index (κ1) is 14.6. The number of anilines is 1. The van der Waals surface area contributed by atoms with E-state index in [9.17, 15) is 8.42 Å². The van der Waals surface area contributed by atoms with Crippen LogP contribution in [0.3, 0.4) is 0 Å². The monoisotopic (exact) mass is 307 g/mol. The molecule has 1 fully saturated rings. The number of aromatic nitrogens is 2. The predicted octanol–water partition coefficient (Wildman–Crippen LogP) is -1.19. The number of nitrogens with zero attached hydrogens (tertiary/aromatic N) is 4. The molecule has 0 aromatic carbocycles. The average molecular weight is 307 g/mol. The standard InChI is InChI=1S/C9H17N5O3S2/c10-8-11-12-9(18-8)19(16,17)14-3-1-2-13(4-5-14)6-7-15/h15H,1-7H2,(H2,10,11). The smallest absolute Gasteiger partial charge is 0.272 e. The third-order valence-corrected chi connectivity index (χ3v) is 5.94. The normalized spacial score (nSPS) is 19.4. The minimum Gasteiger partial charge on any atom is -0.395 e. The number of hydrogen-bond donors (Lipinski definition) is 2. The van der Waals surface area contributed by atoms with Gasteiger partial charge in [-0.2, -0.15) is 4.31 Å². The van der Waals surface area contributed by atoms with E-state index in [2.05, 4.69) is 10.2 Å². The van der Waals surface area contributed by atoms with Crippen LogP contribution in [0, 0.1) is 0 Å². The summed E-state index contributed by atoms with van der Waals surface area (Å²) in [6, 6.07) is 0. The third kappa shape index (κ3) is 3.39. The van der Waals surface area contributed by atoms with Crippen molar-refractivity contribution in [2.24, 2.45) is 0 Å². The molecule has 0 amide bonds. The zero-order valence-electron chi connectivity index (χ0n) is 10.4. The van der Waals surface area contributed by atoms with Crippen LogP contribution in [0.2, 0.25) is 0 Å². The molecular formula is C9H17N5O3S2. The highest BCUT2D eigenvalue weighted by molar-refractivity contribution is 7.91. The van der Waals surface area contributed by atoms with E-state index in [1.807, 2.05) is 4.90 Å². The minimum absolute atomic E-state index is 0.0550. The van der Waals surface area contributed by atoms with E-state index in [-0.39, 0.29) is 16.1 Å². The van der Waals surface area contributed by atoms with E-state index < -0.39 is 10.0 Å². The van der Waals surface area contributed by atoms with E-state index in [1.165, 1.54) is 4.31 Å². The Morgan fingerprint density at radius 3 is 2.68 bits per heavy atom. The van der Waals surface area contributed by atoms with Crippen LogP contribution in [-0.2, 0) is 10.0 Å². The van der Waals surface area contributed by atoms with Crippen LogP contribution in [0.25, 0.3) is 0 Å². The Bertz CT molecular complexity index is 518. The van der Waals surface area contributed by atoms with Crippen molar-refractivity contribution in [1.29, 1.82) is 0 Å². The lowest BCUT2D eigenvalue weighted by molar-refractivity contribution is 0.202. The van der Waals surface area contributed by atoms with Gasteiger partial charge in [0.15, 0.2) is 0 Å². The Morgan fingerprint density at radius 1 is 1.26 bits per heavy atom. The summed E-state index contributed by atoms with van der Waals surface area (Å²) in [4.78, 5) is 2.05. The largest absolute Gasteiger partial charge is 0.395 e. The van der Waals surface area contributed by atoms with E-state index in [0.717, 1.165) is 24.3 Å². The number of β-amino-alcohol motifs (C(OH)–C–C–N with tert-alkyl or cyclic N) is 1. The van der Waals surface area contributed by atoms with E-state index in [1.54, 1.807) is 0 Å². The molecule has 1 aromatic heterocycles. The summed E-state index contributed by atoms with van der Waals surface area (Å²) in [6.45, 7) is 2.88. The van der Waals surface area contributed by atoms with Crippen LogP contribution < -0.4 is 5.73 Å². The van der Waals surface area contributed by atoms with Gasteiger partial charge in [-0.25, -0.2) is 8.42 Å². The summed E-state index contributed by atoms with van der Waals surface area (Å²) < 4.78 is 26.0. The predicted molar refractivity (Wildman–Crippen MR) is 71.2 cm³/mol. The molecule has 10 heteroatoms. The summed E-state index contributed by atoms with van der Waals surface area (Å²) in [6.07, 6.45) is 0.730. The summed E-state index contributed by atoms with van der Waals surface area (Å²) in [7, 11) is -3.59. The number of aliphatic hydroxyl groups is 1. The van der Waals surface area contributed by atoms with Crippen LogP contribution in [0.5, 0.6) is 0 Å². The summed E-state index contributed by atoms with van der Waals surface area (Å²) in [5.74, 6) is 0. The average Bonchev–Trinajstić information content (AvgIpc) is 2.66. The van der Waals surface area contributed by atoms with Gasteiger partial charge in [0, 0.05) is 26.2 Å². The van der Waals surface area contributed by atoms with Crippen molar-refractivity contribution in [2.75, 3.05) is 45.1 Å². The van der Waals surface area contributed by atoms with Crippen molar-refractivity contribution in [2.45, 2.75) is 10.8 Å². The molecule has 2 rings (SSSR count). The maximum Gasteiger partial charge on any atom is 0.272 e. The topological polar surface area (TPSA) is 113 Å². The zero-order valence-corrected chi connectivity index (χ0v) is 12.0. The molecule has 0 unspecified atom stereocenters. The van der Waals surface area contributed by atoms with Crippen molar-refractivity contribution >= 4 is 26.5 Å². The van der Waals surface area contributed by atoms with Gasteiger partial charge in [-0.1, -0.05) is 11.3 Å². The van der Waals surface area contributed by atoms with Gasteiger partial charge < -0.3 is 10.8 Å². The highest BCUT2D eigenvalue weighted by Gasteiger charge is 2.29. The number of sulfonamides is 1. The molecule has 1 aliphatic rings. The summed E-state index contributed by atoms with van der Waals surface area (Å²) >= 11 is 0.879. The highest BCUT2D eigenvalue weighted by atomic mass is 32.2. The Hall–Kier alpha value is -0.810. The fourth-order valence-electron chi connectivity index (χ4n) is 1.99. The van der Waals surface area contributed by atoms with Crippen molar-refractivity contribution in [3.63, 3.8) is 0 Å². The molecule has 0 saturated carbocycles. The highest BCUT2D eigenvalue weighted by Crippen LogP contribution is 2.22. The number of nitrogen functional groups attached to an aromatic ring is 1. The quantitative estimate of drug-likeness (QED) is 0.719. The first-order valence-corrected chi connectivity index (χ1v) is 8.22. The second-order valence-electron chi connectivity index (χ2n) is 4.23. The van der Waals surface area contributed by atoms with Gasteiger partial charge in [-0.05, 0) is 13.0 Å². The van der Waals surface area contributed by atoms with Gasteiger partial charge in [-0.3, -0.25) is 4.90 Å². The molecule has 0 radical (unpaired) electrons. The third-order valence-electron chi connectivity index (χ3n) is 2.95. The minimum atomic E-state index is -3.59. The maximum absolute atomic E-state index is 12.3. The number of aliphatic hydroxyl groups excluding tert-OH is 1. The van der Waals surface area contributed by atoms with Crippen LogP contribution in [0.15, 0.2) is 4.34 Å². The molecule has 1 saturated heterocycles. The number of rotatable bonds is 4. The van der Waals surface area contributed by atoms with E-state index in [0.29, 0.717) is 26.2 Å². The SMILES string of the molecule is Nc1nnc(S(=O)(=O)N2CCCN(CCO)CC2)s1. The van der Waals surface area contributed by atoms with Crippen molar-refractivity contribution in [3.8, 4) is 0 Å². The molecule has 0 aliphatic carbocycles. The van der Waals surface area contributed by atoms with Crippen LogP contribution in [0.4, 0.5) is 5.13 Å². The molecule has 0 atom stereocenters. The van der Waals surface area contributed by atoms with Crippen LogP contribution in [0.1, 0.15) is 6.42 Å². The summed E-state index contributed by atoms with van der Waals surface area (Å²) in [5.41, 5.74) is 5.42. The van der Waals surface area contributed by atoms with Gasteiger partial charge in [0.25, 0.3) is 10.0 Å². The van der Waals surface area contributed by atoms with Gasteiger partial charge >= 0.3 is 0 Å². The Morgan fingerprint density at radius 2 is 2.05 bits per heavy atom. The first-order chi connectivity index (χ1) is 9.04.